The second-order valence-corrected chi connectivity index (χ2v) is 4.78. The maximum Gasteiger partial charge on any atom is 0.313 e. The molecule has 0 spiro atoms. The summed E-state index contributed by atoms with van der Waals surface area (Å²) in [6.45, 7) is 0.320. The van der Waals surface area contributed by atoms with Crippen molar-refractivity contribution < 1.29 is 9.53 Å². The van der Waals surface area contributed by atoms with Gasteiger partial charge < -0.3 is 10.5 Å². The van der Waals surface area contributed by atoms with Crippen LogP contribution >= 0.6 is 0 Å². The first-order valence-corrected chi connectivity index (χ1v) is 5.89. The predicted octanol–water partition coefficient (Wildman–Crippen LogP) is 0.491. The third-order valence-corrected chi connectivity index (χ3v) is 3.58. The SMILES string of the molecule is COC(=O)C(CN)(Cc1ccn(C)n1)C1CC1. The van der Waals surface area contributed by atoms with Crippen molar-refractivity contribution in [3.63, 3.8) is 0 Å². The molecule has 1 aliphatic rings. The van der Waals surface area contributed by atoms with Crippen LogP contribution in [0.3, 0.4) is 0 Å². The topological polar surface area (TPSA) is 70.1 Å². The standard InChI is InChI=1S/C12H19N3O2/c1-15-6-5-10(14-15)7-12(8-13,9-3-4-9)11(16)17-2/h5-6,9H,3-4,7-8,13H2,1-2H3. The number of hydrogen-bond donors (Lipinski definition) is 1. The number of carbonyl (C=O) groups is 1. The van der Waals surface area contributed by atoms with E-state index in [1.165, 1.54) is 7.11 Å². The molecule has 0 aliphatic heterocycles. The van der Waals surface area contributed by atoms with Crippen molar-refractivity contribution in [2.75, 3.05) is 13.7 Å². The summed E-state index contributed by atoms with van der Waals surface area (Å²) in [5, 5.41) is 4.32. The van der Waals surface area contributed by atoms with Crippen LogP contribution in [0.1, 0.15) is 18.5 Å². The number of hydrogen-bond acceptors (Lipinski definition) is 4. The van der Waals surface area contributed by atoms with Gasteiger partial charge in [0.25, 0.3) is 0 Å². The van der Waals surface area contributed by atoms with Gasteiger partial charge in [-0.1, -0.05) is 0 Å². The van der Waals surface area contributed by atoms with E-state index in [4.69, 9.17) is 10.5 Å². The fourth-order valence-corrected chi connectivity index (χ4v) is 2.43. The van der Waals surface area contributed by atoms with E-state index in [1.807, 2.05) is 19.3 Å². The van der Waals surface area contributed by atoms with Crippen molar-refractivity contribution in [3.05, 3.63) is 18.0 Å². The minimum absolute atomic E-state index is 0.201. The molecule has 2 N–H and O–H groups in total. The minimum atomic E-state index is -0.580. The van der Waals surface area contributed by atoms with Crippen LogP contribution in [0.15, 0.2) is 12.3 Å². The molecule has 0 aromatic carbocycles. The molecule has 0 radical (unpaired) electrons. The van der Waals surface area contributed by atoms with E-state index in [0.29, 0.717) is 18.9 Å². The number of methoxy groups -OCH3 is 1. The number of esters is 1. The number of carbonyl (C=O) groups excluding carboxylic acids is 1. The Kier molecular flexibility index (Phi) is 3.19. The van der Waals surface area contributed by atoms with Gasteiger partial charge in [0.05, 0.1) is 18.2 Å². The third kappa shape index (κ3) is 2.20. The average Bonchev–Trinajstić information content (AvgIpc) is 3.10. The molecule has 94 valence electrons. The first kappa shape index (κ1) is 12.1. The monoisotopic (exact) mass is 237 g/mol. The highest BCUT2D eigenvalue weighted by Gasteiger charge is 2.51. The van der Waals surface area contributed by atoms with Crippen LogP contribution in [0.4, 0.5) is 0 Å². The number of nitrogens with two attached hydrogens (primary N) is 1. The number of aryl methyl sites for hydroxylation is 1. The maximum absolute atomic E-state index is 12.0. The number of ether oxygens (including phenoxy) is 1. The third-order valence-electron chi connectivity index (χ3n) is 3.58. The van der Waals surface area contributed by atoms with Gasteiger partial charge in [-0.3, -0.25) is 9.48 Å². The Morgan fingerprint density at radius 1 is 1.71 bits per heavy atom. The Morgan fingerprint density at radius 2 is 2.41 bits per heavy atom. The zero-order chi connectivity index (χ0) is 12.5. The van der Waals surface area contributed by atoms with Gasteiger partial charge in [-0.05, 0) is 24.8 Å². The lowest BCUT2D eigenvalue weighted by atomic mass is 9.78. The molecule has 1 heterocycles. The van der Waals surface area contributed by atoms with E-state index in [2.05, 4.69) is 5.10 Å². The first-order chi connectivity index (χ1) is 8.12. The van der Waals surface area contributed by atoms with Crippen LogP contribution in [0.5, 0.6) is 0 Å². The Labute approximate surface area is 101 Å². The molecule has 1 atom stereocenters. The van der Waals surface area contributed by atoms with Crippen LogP contribution in [0.25, 0.3) is 0 Å². The van der Waals surface area contributed by atoms with Crippen LogP contribution in [-0.2, 0) is 23.0 Å². The Balaban J connectivity index is 2.23. The van der Waals surface area contributed by atoms with E-state index >= 15 is 0 Å². The average molecular weight is 237 g/mol. The van der Waals surface area contributed by atoms with Crippen molar-refractivity contribution in [1.82, 2.24) is 9.78 Å². The van der Waals surface area contributed by atoms with E-state index in [-0.39, 0.29) is 5.97 Å². The Morgan fingerprint density at radius 3 is 2.82 bits per heavy atom. The summed E-state index contributed by atoms with van der Waals surface area (Å²) in [7, 11) is 3.29. The van der Waals surface area contributed by atoms with Gasteiger partial charge in [0.2, 0.25) is 0 Å². The van der Waals surface area contributed by atoms with Gasteiger partial charge in [0, 0.05) is 26.2 Å². The molecule has 1 aromatic heterocycles. The largest absolute Gasteiger partial charge is 0.469 e. The zero-order valence-corrected chi connectivity index (χ0v) is 10.3. The lowest BCUT2D eigenvalue weighted by Gasteiger charge is -2.28. The van der Waals surface area contributed by atoms with Gasteiger partial charge in [0.15, 0.2) is 0 Å². The molecular formula is C12H19N3O2. The summed E-state index contributed by atoms with van der Waals surface area (Å²) in [5.41, 5.74) is 6.16. The number of aromatic nitrogens is 2. The Hall–Kier alpha value is -1.36. The fraction of sp³-hybridized carbons (Fsp3) is 0.667. The van der Waals surface area contributed by atoms with Crippen molar-refractivity contribution >= 4 is 5.97 Å². The van der Waals surface area contributed by atoms with Gasteiger partial charge in [0.1, 0.15) is 0 Å². The molecule has 17 heavy (non-hydrogen) atoms. The molecule has 1 fully saturated rings. The number of rotatable bonds is 5. The van der Waals surface area contributed by atoms with Crippen LogP contribution in [0, 0.1) is 11.3 Å². The van der Waals surface area contributed by atoms with Gasteiger partial charge in [-0.25, -0.2) is 0 Å². The first-order valence-electron chi connectivity index (χ1n) is 5.89. The van der Waals surface area contributed by atoms with Crippen LogP contribution in [-0.4, -0.2) is 29.4 Å². The second-order valence-electron chi connectivity index (χ2n) is 4.78. The van der Waals surface area contributed by atoms with Crippen LogP contribution in [0.2, 0.25) is 0 Å². The molecule has 1 aliphatic carbocycles. The quantitative estimate of drug-likeness (QED) is 0.757. The molecule has 1 aromatic rings. The lowest BCUT2D eigenvalue weighted by molar-refractivity contribution is -0.153. The van der Waals surface area contributed by atoms with Crippen molar-refractivity contribution in [1.29, 1.82) is 0 Å². The molecule has 5 heteroatoms. The Bertz CT molecular complexity index is 412. The molecular weight excluding hydrogens is 218 g/mol. The molecule has 1 saturated carbocycles. The van der Waals surface area contributed by atoms with E-state index in [1.54, 1.807) is 4.68 Å². The lowest BCUT2D eigenvalue weighted by Crippen LogP contribution is -2.43. The molecule has 0 saturated heterocycles. The van der Waals surface area contributed by atoms with E-state index in [0.717, 1.165) is 18.5 Å². The normalized spacial score (nSPS) is 18.8. The summed E-state index contributed by atoms with van der Waals surface area (Å²) >= 11 is 0. The summed E-state index contributed by atoms with van der Waals surface area (Å²) in [6, 6.07) is 1.93. The van der Waals surface area contributed by atoms with Gasteiger partial charge in [-0.2, -0.15) is 5.10 Å². The predicted molar refractivity (Wildman–Crippen MR) is 63.1 cm³/mol. The van der Waals surface area contributed by atoms with E-state index in [9.17, 15) is 4.79 Å². The maximum atomic E-state index is 12.0. The summed E-state index contributed by atoms with van der Waals surface area (Å²) in [5.74, 6) is 0.148. The smallest absolute Gasteiger partial charge is 0.313 e. The fourth-order valence-electron chi connectivity index (χ4n) is 2.43. The summed E-state index contributed by atoms with van der Waals surface area (Å²) in [4.78, 5) is 12.0. The van der Waals surface area contributed by atoms with Crippen molar-refractivity contribution in [2.24, 2.45) is 24.1 Å². The molecule has 2 rings (SSSR count). The van der Waals surface area contributed by atoms with Gasteiger partial charge in [-0.15, -0.1) is 0 Å². The molecule has 1 unspecified atom stereocenters. The highest BCUT2D eigenvalue weighted by molar-refractivity contribution is 5.78. The second kappa shape index (κ2) is 4.49. The molecule has 0 bridgehead atoms. The van der Waals surface area contributed by atoms with Crippen molar-refractivity contribution in [2.45, 2.75) is 19.3 Å². The molecule has 0 amide bonds. The summed E-state index contributed by atoms with van der Waals surface area (Å²) < 4.78 is 6.67. The highest BCUT2D eigenvalue weighted by Crippen LogP contribution is 2.47. The van der Waals surface area contributed by atoms with Gasteiger partial charge >= 0.3 is 5.97 Å². The van der Waals surface area contributed by atoms with Crippen LogP contribution < -0.4 is 5.73 Å². The zero-order valence-electron chi connectivity index (χ0n) is 10.3. The van der Waals surface area contributed by atoms with Crippen molar-refractivity contribution in [3.8, 4) is 0 Å². The highest BCUT2D eigenvalue weighted by atomic mass is 16.5. The summed E-state index contributed by atoms with van der Waals surface area (Å²) in [6.07, 6.45) is 4.56. The van der Waals surface area contributed by atoms with E-state index < -0.39 is 5.41 Å². The minimum Gasteiger partial charge on any atom is -0.469 e. The number of nitrogens with zero attached hydrogens (tertiary/aromatic N) is 2. The molecule has 5 nitrogen and oxygen atoms in total.